The zero-order valence-corrected chi connectivity index (χ0v) is 16.6. The Hall–Kier alpha value is -2.40. The topological polar surface area (TPSA) is 133 Å². The van der Waals surface area contributed by atoms with E-state index in [1.807, 2.05) is 6.92 Å². The fourth-order valence-corrected chi connectivity index (χ4v) is 1.51. The Morgan fingerprint density at radius 3 is 1.82 bits per heavy atom. The molecule has 152 valence electrons. The summed E-state index contributed by atoms with van der Waals surface area (Å²) in [5, 5.41) is 9.65. The smallest absolute Gasteiger partial charge is 0 e. The number of hydrogen-bond acceptors (Lipinski definition) is 5. The molecule has 0 saturated carbocycles. The molecule has 1 heterocycles. The first-order valence-corrected chi connectivity index (χ1v) is 7.20. The molecule has 1 aliphatic heterocycles. The van der Waals surface area contributed by atoms with E-state index in [-0.39, 0.29) is 28.6 Å². The number of allylic oxidation sites excluding steroid dienone is 4. The first-order chi connectivity index (χ1) is 12.8. The molecule has 0 radical (unpaired) electrons. The maximum Gasteiger partial charge on any atom is 0 e. The van der Waals surface area contributed by atoms with Crippen molar-refractivity contribution in [3.63, 3.8) is 0 Å². The molecule has 28 heavy (non-hydrogen) atoms. The molecule has 8 nitrogen and oxygen atoms in total. The van der Waals surface area contributed by atoms with E-state index in [1.165, 1.54) is 26.0 Å². The Labute approximate surface area is 174 Å². The van der Waals surface area contributed by atoms with Crippen LogP contribution in [-0.4, -0.2) is 28.9 Å². The number of aliphatic hydroxyl groups excluding tert-OH is 1. The van der Waals surface area contributed by atoms with Gasteiger partial charge in [0.1, 0.15) is 5.57 Å². The molecule has 2 atom stereocenters. The molecule has 9 heteroatoms. The summed E-state index contributed by atoms with van der Waals surface area (Å²) in [5.41, 5.74) is -0.168. The second-order valence-corrected chi connectivity index (χ2v) is 5.11. The van der Waals surface area contributed by atoms with Crippen LogP contribution in [0.1, 0.15) is 20.8 Å². The monoisotopic (exact) mass is 432 g/mol. The summed E-state index contributed by atoms with van der Waals surface area (Å²) in [7, 11) is 0. The minimum atomic E-state index is -1.24. The summed E-state index contributed by atoms with van der Waals surface area (Å²) in [4.78, 5) is 23.3. The van der Waals surface area contributed by atoms with E-state index in [9.17, 15) is 14.7 Å². The second-order valence-electron chi connectivity index (χ2n) is 5.11. The summed E-state index contributed by atoms with van der Waals surface area (Å²) in [6, 6.07) is 0. The van der Waals surface area contributed by atoms with E-state index in [4.69, 9.17) is 23.4 Å². The van der Waals surface area contributed by atoms with Crippen LogP contribution in [0.25, 0.3) is 0 Å². The second kappa shape index (κ2) is 19.4. The van der Waals surface area contributed by atoms with Gasteiger partial charge in [-0.3, -0.25) is 0 Å². The number of ether oxygens (including phenoxy) is 2. The molecule has 0 aromatic rings. The predicted octanol–water partition coefficient (Wildman–Crippen LogP) is 1.93. The van der Waals surface area contributed by atoms with E-state index in [1.54, 1.807) is 24.3 Å². The van der Waals surface area contributed by atoms with Crippen molar-refractivity contribution in [2.45, 2.75) is 32.7 Å². The van der Waals surface area contributed by atoms with Crippen LogP contribution < -0.4 is 0 Å². The van der Waals surface area contributed by atoms with Crippen molar-refractivity contribution in [2.24, 2.45) is 5.92 Å². The van der Waals surface area contributed by atoms with Crippen molar-refractivity contribution in [3.8, 4) is 0 Å². The van der Waals surface area contributed by atoms with Gasteiger partial charge in [0.25, 0.3) is 5.79 Å². The van der Waals surface area contributed by atoms with Gasteiger partial charge < -0.3 is 14.6 Å². The molecule has 1 N–H and O–H groups in total. The van der Waals surface area contributed by atoms with Crippen LogP contribution in [-0.2, 0) is 50.1 Å². The third-order valence-electron chi connectivity index (χ3n) is 2.82. The van der Waals surface area contributed by atoms with E-state index in [0.29, 0.717) is 0 Å². The Morgan fingerprint density at radius 1 is 1.00 bits per heavy atom. The molecule has 0 aliphatic carbocycles. The number of aliphatic hydroxyl groups is 1. The first-order valence-electron chi connectivity index (χ1n) is 7.20. The number of esters is 2. The van der Waals surface area contributed by atoms with Crippen LogP contribution in [0.4, 0.5) is 0 Å². The van der Waals surface area contributed by atoms with Crippen LogP contribution in [0.5, 0.6) is 0 Å². The third-order valence-corrected chi connectivity index (χ3v) is 2.82. The van der Waals surface area contributed by atoms with Gasteiger partial charge >= 0.3 is 45.8 Å². The van der Waals surface area contributed by atoms with Crippen LogP contribution in [0, 0.1) is 25.9 Å². The van der Waals surface area contributed by atoms with Gasteiger partial charge in [-0.15, -0.1) is 6.58 Å². The number of rotatable bonds is 5. The Morgan fingerprint density at radius 2 is 1.43 bits per heavy atom. The van der Waals surface area contributed by atoms with Gasteiger partial charge in [-0.2, -0.15) is 0 Å². The molecule has 1 rings (SSSR count). The van der Waals surface area contributed by atoms with E-state index in [0.717, 1.165) is 0 Å². The van der Waals surface area contributed by atoms with Crippen molar-refractivity contribution in [1.29, 1.82) is 0 Å². The molecule has 1 saturated heterocycles. The average molecular weight is 432 g/mol. The Balaban J connectivity index is -0.000000374. The van der Waals surface area contributed by atoms with Crippen molar-refractivity contribution in [3.05, 3.63) is 68.6 Å². The molecular formula is C19H20FeO8. The van der Waals surface area contributed by atoms with Gasteiger partial charge in [-0.05, 0) is 6.08 Å². The average Bonchev–Trinajstić information content (AvgIpc) is 2.66. The fraction of sp³-hybridized carbons (Fsp3) is 0.316. The minimum absolute atomic E-state index is 0. The van der Waals surface area contributed by atoms with Gasteiger partial charge in [-0.25, -0.2) is 9.59 Å². The molecule has 0 aromatic carbocycles. The maximum absolute atomic E-state index is 11.6. The minimum Gasteiger partial charge on any atom is 0 e. The first kappa shape index (κ1) is 33.2. The molecule has 0 amide bonds. The van der Waals surface area contributed by atoms with Crippen LogP contribution >= 0.6 is 0 Å². The number of carbonyl (C=O) groups excluding carboxylic acids is 2. The standard InChI is InChI=1S/C16H20O5.3CO.Fe/c1-5-11(2)13(17)10-8-6-7-9-12-14(18)20-16(3,4)21-15(12)19;3*1-2;/h5-11,13,17H,1H2,2-4H3;;;;/b7-6+,10-8+;;;;/t11-,13+;;;;/m1..../s1. The number of cyclic esters (lactones) is 2. The summed E-state index contributed by atoms with van der Waals surface area (Å²) in [5.74, 6) is -2.73. The Bertz CT molecular complexity index is 602. The van der Waals surface area contributed by atoms with E-state index < -0.39 is 23.8 Å². The van der Waals surface area contributed by atoms with Crippen LogP contribution in [0.3, 0.4) is 0 Å². The molecule has 0 unspecified atom stereocenters. The zero-order valence-electron chi connectivity index (χ0n) is 15.5. The van der Waals surface area contributed by atoms with E-state index >= 15 is 0 Å². The number of hydrogen-bond donors (Lipinski definition) is 1. The van der Waals surface area contributed by atoms with Gasteiger partial charge in [0.15, 0.2) is 0 Å². The summed E-state index contributed by atoms with van der Waals surface area (Å²) in [6.45, 7) is 21.9. The van der Waals surface area contributed by atoms with Crippen molar-refractivity contribution < 1.29 is 55.2 Å². The fourth-order valence-electron chi connectivity index (χ4n) is 1.51. The molecule has 1 aliphatic rings. The van der Waals surface area contributed by atoms with Crippen molar-refractivity contribution in [2.75, 3.05) is 0 Å². The molecule has 0 aromatic heterocycles. The quantitative estimate of drug-likeness (QED) is 0.104. The summed E-state index contributed by atoms with van der Waals surface area (Å²) < 4.78 is 32.4. The van der Waals surface area contributed by atoms with Gasteiger partial charge in [-0.1, -0.05) is 37.3 Å². The predicted molar refractivity (Wildman–Crippen MR) is 89.8 cm³/mol. The van der Waals surface area contributed by atoms with Crippen molar-refractivity contribution in [1.82, 2.24) is 0 Å². The normalized spacial score (nSPS) is 16.0. The van der Waals surface area contributed by atoms with E-state index in [2.05, 4.69) is 26.5 Å². The molecule has 1 fully saturated rings. The molecular weight excluding hydrogens is 412 g/mol. The number of carbonyl (C=O) groups is 2. The largest absolute Gasteiger partial charge is 0 e. The maximum atomic E-state index is 11.6. The summed E-state index contributed by atoms with van der Waals surface area (Å²) >= 11 is 0. The van der Waals surface area contributed by atoms with Crippen molar-refractivity contribution >= 4 is 11.9 Å². The van der Waals surface area contributed by atoms with Crippen LogP contribution in [0.2, 0.25) is 0 Å². The third kappa shape index (κ3) is 13.8. The van der Waals surface area contributed by atoms with Crippen LogP contribution in [0.15, 0.2) is 48.6 Å². The zero-order chi connectivity index (χ0) is 22.0. The Kier molecular flexibility index (Phi) is 23.0. The van der Waals surface area contributed by atoms with Gasteiger partial charge in [0.2, 0.25) is 0 Å². The molecule has 0 bridgehead atoms. The summed E-state index contributed by atoms with van der Waals surface area (Å²) in [6.07, 6.45) is 8.62. The van der Waals surface area contributed by atoms with Gasteiger partial charge in [0.05, 0.1) is 6.10 Å². The van der Waals surface area contributed by atoms with Gasteiger partial charge in [0, 0.05) is 36.8 Å². The molecule has 0 spiro atoms. The SMILES string of the molecule is C=C[C@@H](C)[C@@H](O)/C=C/C=C/C=C1C(=O)OC(C)(C)OC1=O.[C-]#[O+].[C-]#[O+].[C-]#[O+].[Fe].